The van der Waals surface area contributed by atoms with Crippen molar-refractivity contribution in [2.45, 2.75) is 110 Å². The molecule has 26 heavy (non-hydrogen) atoms. The van der Waals surface area contributed by atoms with E-state index in [0.717, 1.165) is 26.1 Å². The Morgan fingerprint density at radius 3 is 2.08 bits per heavy atom. The van der Waals surface area contributed by atoms with E-state index in [0.29, 0.717) is 4.48 Å². The molecule has 0 bridgehead atoms. The van der Waals surface area contributed by atoms with Crippen molar-refractivity contribution in [3.05, 3.63) is 12.2 Å². The number of likely N-dealkylation sites (N-methyl/N-ethyl adjacent to an activating group) is 1. The van der Waals surface area contributed by atoms with Crippen LogP contribution in [0.3, 0.4) is 0 Å². The molecule has 1 heterocycles. The van der Waals surface area contributed by atoms with Crippen LogP contribution in [0.4, 0.5) is 0 Å². The van der Waals surface area contributed by atoms with E-state index in [1.54, 1.807) is 0 Å². The molecule has 0 aromatic carbocycles. The fraction of sp³-hybridized carbons (Fsp3) is 0.870. The van der Waals surface area contributed by atoms with Gasteiger partial charge in [0.2, 0.25) is 5.84 Å². The number of aliphatic imine (C=N–C) groups is 1. The van der Waals surface area contributed by atoms with Crippen molar-refractivity contribution >= 4 is 5.84 Å². The van der Waals surface area contributed by atoms with Gasteiger partial charge in [-0.3, -0.25) is 4.48 Å². The second kappa shape index (κ2) is 14.4. The lowest BCUT2D eigenvalue weighted by atomic mass is 10.1. The Bertz CT molecular complexity index is 403. The monoisotopic (exact) mass is 365 g/mol. The standard InChI is InChI=1S/C23H45N2O/c1-4-6-7-8-9-10-11-12-13-14-15-16-17-18-19-23-24-20-21-25(23,5-2)22(3)26/h13-14,22,26H,4-12,15-21H2,1-3H3/q+1/b14-13+. The maximum Gasteiger partial charge on any atom is 0.200 e. The van der Waals surface area contributed by atoms with Crippen LogP contribution in [-0.4, -0.2) is 41.3 Å². The first-order chi connectivity index (χ1) is 12.7. The summed E-state index contributed by atoms with van der Waals surface area (Å²) in [4.78, 5) is 4.70. The number of aliphatic hydroxyl groups excluding tert-OH is 1. The van der Waals surface area contributed by atoms with E-state index in [2.05, 4.69) is 26.0 Å². The molecule has 1 rings (SSSR count). The molecule has 0 saturated carbocycles. The van der Waals surface area contributed by atoms with Crippen molar-refractivity contribution in [1.29, 1.82) is 0 Å². The van der Waals surface area contributed by atoms with E-state index >= 15 is 0 Å². The zero-order valence-electron chi connectivity index (χ0n) is 17.9. The van der Waals surface area contributed by atoms with Crippen molar-refractivity contribution in [2.24, 2.45) is 4.99 Å². The van der Waals surface area contributed by atoms with Crippen LogP contribution in [-0.2, 0) is 0 Å². The third kappa shape index (κ3) is 8.35. The zero-order chi connectivity index (χ0) is 19.1. The number of quaternary nitrogens is 1. The molecule has 0 saturated heterocycles. The van der Waals surface area contributed by atoms with Gasteiger partial charge in [-0.2, -0.15) is 0 Å². The predicted molar refractivity (Wildman–Crippen MR) is 114 cm³/mol. The quantitative estimate of drug-likeness (QED) is 0.196. The lowest BCUT2D eigenvalue weighted by molar-refractivity contribution is -0.882. The molecule has 0 aliphatic carbocycles. The highest BCUT2D eigenvalue weighted by Gasteiger charge is 2.40. The minimum atomic E-state index is -0.323. The van der Waals surface area contributed by atoms with E-state index in [4.69, 9.17) is 4.99 Å². The largest absolute Gasteiger partial charge is 0.345 e. The number of nitrogens with zero attached hydrogens (tertiary/aromatic N) is 2. The second-order valence-electron chi connectivity index (χ2n) is 7.98. The SMILES string of the molecule is CCCCCCCCC/C=C/CCCCCC1=NCC[N+]1(CC)C(C)O. The Morgan fingerprint density at radius 2 is 1.50 bits per heavy atom. The van der Waals surface area contributed by atoms with Crippen molar-refractivity contribution in [3.8, 4) is 0 Å². The summed E-state index contributed by atoms with van der Waals surface area (Å²) in [6.45, 7) is 9.18. The number of rotatable bonds is 16. The van der Waals surface area contributed by atoms with Crippen molar-refractivity contribution in [2.75, 3.05) is 19.6 Å². The molecular weight excluding hydrogens is 320 g/mol. The van der Waals surface area contributed by atoms with E-state index in [9.17, 15) is 5.11 Å². The topological polar surface area (TPSA) is 32.6 Å². The van der Waals surface area contributed by atoms with Gasteiger partial charge in [0.1, 0.15) is 6.54 Å². The Hall–Kier alpha value is -0.670. The first-order valence-electron chi connectivity index (χ1n) is 11.4. The van der Waals surface area contributed by atoms with Gasteiger partial charge >= 0.3 is 0 Å². The highest BCUT2D eigenvalue weighted by molar-refractivity contribution is 5.76. The number of aliphatic hydroxyl groups is 1. The molecule has 1 aliphatic heterocycles. The van der Waals surface area contributed by atoms with Crippen LogP contribution in [0.25, 0.3) is 0 Å². The Morgan fingerprint density at radius 1 is 0.923 bits per heavy atom. The molecule has 0 radical (unpaired) electrons. The Kier molecular flexibility index (Phi) is 12.9. The fourth-order valence-electron chi connectivity index (χ4n) is 4.11. The molecule has 152 valence electrons. The molecule has 2 unspecified atom stereocenters. The van der Waals surface area contributed by atoms with Gasteiger partial charge in [-0.05, 0) is 39.0 Å². The Labute approximate surface area is 163 Å². The van der Waals surface area contributed by atoms with E-state index in [-0.39, 0.29) is 6.23 Å². The highest BCUT2D eigenvalue weighted by atomic mass is 16.3. The van der Waals surface area contributed by atoms with Crippen LogP contribution in [0.1, 0.15) is 104 Å². The maximum atomic E-state index is 10.2. The smallest absolute Gasteiger partial charge is 0.200 e. The first-order valence-corrected chi connectivity index (χ1v) is 11.4. The molecule has 2 atom stereocenters. The number of amidine groups is 1. The van der Waals surface area contributed by atoms with Gasteiger partial charge < -0.3 is 5.11 Å². The zero-order valence-corrected chi connectivity index (χ0v) is 17.9. The van der Waals surface area contributed by atoms with Crippen LogP contribution in [0, 0.1) is 0 Å². The molecule has 0 spiro atoms. The van der Waals surface area contributed by atoms with E-state index in [1.165, 1.54) is 82.9 Å². The van der Waals surface area contributed by atoms with Crippen molar-refractivity contribution < 1.29 is 9.59 Å². The van der Waals surface area contributed by atoms with Crippen LogP contribution >= 0.6 is 0 Å². The summed E-state index contributed by atoms with van der Waals surface area (Å²) in [5, 5.41) is 10.2. The summed E-state index contributed by atoms with van der Waals surface area (Å²) in [5.41, 5.74) is 0. The third-order valence-electron chi connectivity index (χ3n) is 6.00. The van der Waals surface area contributed by atoms with Gasteiger partial charge in [0.25, 0.3) is 0 Å². The maximum absolute atomic E-state index is 10.2. The molecule has 0 aromatic heterocycles. The molecule has 0 fully saturated rings. The molecule has 0 aromatic rings. The second-order valence-corrected chi connectivity index (χ2v) is 7.98. The lowest BCUT2D eigenvalue weighted by Gasteiger charge is -2.36. The van der Waals surface area contributed by atoms with Crippen LogP contribution in [0.5, 0.6) is 0 Å². The highest BCUT2D eigenvalue weighted by Crippen LogP contribution is 2.22. The Balaban J connectivity index is 1.99. The number of allylic oxidation sites excluding steroid dienone is 2. The van der Waals surface area contributed by atoms with Crippen LogP contribution in [0.2, 0.25) is 0 Å². The lowest BCUT2D eigenvalue weighted by Crippen LogP contribution is -2.56. The average molecular weight is 366 g/mol. The van der Waals surface area contributed by atoms with Crippen molar-refractivity contribution in [3.63, 3.8) is 0 Å². The predicted octanol–water partition coefficient (Wildman–Crippen LogP) is 6.22. The first kappa shape index (κ1) is 23.4. The number of unbranched alkanes of at least 4 members (excludes halogenated alkanes) is 10. The van der Waals surface area contributed by atoms with Gasteiger partial charge in [0, 0.05) is 13.3 Å². The molecule has 0 amide bonds. The molecular formula is C23H45N2O+. The summed E-state index contributed by atoms with van der Waals surface area (Å²) < 4.78 is 0.707. The van der Waals surface area contributed by atoms with Crippen molar-refractivity contribution in [1.82, 2.24) is 0 Å². The summed E-state index contributed by atoms with van der Waals surface area (Å²) in [5.74, 6) is 1.23. The van der Waals surface area contributed by atoms with E-state index in [1.807, 2.05) is 6.92 Å². The summed E-state index contributed by atoms with van der Waals surface area (Å²) in [7, 11) is 0. The van der Waals surface area contributed by atoms with Gasteiger partial charge in [0.05, 0.1) is 13.1 Å². The number of hydrogen-bond donors (Lipinski definition) is 1. The minimum Gasteiger partial charge on any atom is -0.345 e. The normalized spacial score (nSPS) is 21.5. The third-order valence-corrected chi connectivity index (χ3v) is 6.00. The fourth-order valence-corrected chi connectivity index (χ4v) is 4.11. The molecule has 1 aliphatic rings. The average Bonchev–Trinajstić information content (AvgIpc) is 3.06. The summed E-state index contributed by atoms with van der Waals surface area (Å²) >= 11 is 0. The van der Waals surface area contributed by atoms with Gasteiger partial charge in [-0.25, -0.2) is 4.99 Å². The summed E-state index contributed by atoms with van der Waals surface area (Å²) in [6, 6.07) is 0. The molecule has 3 nitrogen and oxygen atoms in total. The minimum absolute atomic E-state index is 0.323. The van der Waals surface area contributed by atoms with E-state index < -0.39 is 0 Å². The van der Waals surface area contributed by atoms with Crippen LogP contribution in [0.15, 0.2) is 17.1 Å². The van der Waals surface area contributed by atoms with Gasteiger partial charge in [-0.15, -0.1) is 0 Å². The number of hydrogen-bond acceptors (Lipinski definition) is 2. The van der Waals surface area contributed by atoms with Gasteiger partial charge in [0.15, 0.2) is 6.23 Å². The summed E-state index contributed by atoms with van der Waals surface area (Å²) in [6.07, 6.45) is 21.5. The van der Waals surface area contributed by atoms with Gasteiger partial charge in [-0.1, -0.05) is 64.0 Å². The molecule has 1 N–H and O–H groups in total. The van der Waals surface area contributed by atoms with Crippen LogP contribution < -0.4 is 0 Å². The molecule has 3 heteroatoms.